The molecular formula is C17H19ClN6O3S. The Kier molecular flexibility index (Phi) is 6.55. The van der Waals surface area contributed by atoms with Gasteiger partial charge in [-0.15, -0.1) is 11.3 Å². The second-order valence-electron chi connectivity index (χ2n) is 6.24. The number of hydrogen-bond acceptors (Lipinski definition) is 7. The number of pyridine rings is 1. The maximum Gasteiger partial charge on any atom is 0.314 e. The van der Waals surface area contributed by atoms with Crippen LogP contribution in [0.2, 0.25) is 5.02 Å². The largest absolute Gasteiger partial charge is 0.348 e. The van der Waals surface area contributed by atoms with Gasteiger partial charge in [0.1, 0.15) is 10.8 Å². The van der Waals surface area contributed by atoms with Gasteiger partial charge in [-0.2, -0.15) is 0 Å². The molecule has 3 amide bonds. The molecule has 0 aliphatic carbocycles. The smallest absolute Gasteiger partial charge is 0.314 e. The van der Waals surface area contributed by atoms with E-state index < -0.39 is 17.7 Å². The molecule has 28 heavy (non-hydrogen) atoms. The van der Waals surface area contributed by atoms with Crippen molar-refractivity contribution in [2.24, 2.45) is 0 Å². The third-order valence-corrected chi connectivity index (χ3v) is 5.29. The molecule has 11 heteroatoms. The Morgan fingerprint density at radius 1 is 1.25 bits per heavy atom. The molecule has 0 saturated heterocycles. The summed E-state index contributed by atoms with van der Waals surface area (Å²) >= 11 is 7.28. The summed E-state index contributed by atoms with van der Waals surface area (Å²) in [6.45, 7) is 1.82. The zero-order valence-corrected chi connectivity index (χ0v) is 16.7. The van der Waals surface area contributed by atoms with Crippen molar-refractivity contribution >= 4 is 46.5 Å². The standard InChI is InChI=1S/C17H19ClN6O3S/c1-24-5-4-11-12(9-24)28-15(22-11)8-20-14(25)7-21-16(26)17(27)23-13-3-2-10(18)6-19-13/h2-3,6H,4-5,7-9H2,1H3,(H,20,25)(H,21,26)(H,19,23,27). The van der Waals surface area contributed by atoms with Crippen LogP contribution in [0, 0.1) is 0 Å². The summed E-state index contributed by atoms with van der Waals surface area (Å²) in [5.74, 6) is -2.07. The van der Waals surface area contributed by atoms with Gasteiger partial charge in [0.05, 0.1) is 23.8 Å². The van der Waals surface area contributed by atoms with E-state index in [9.17, 15) is 14.4 Å². The van der Waals surface area contributed by atoms with Crippen LogP contribution in [0.5, 0.6) is 0 Å². The van der Waals surface area contributed by atoms with Crippen LogP contribution in [0.25, 0.3) is 0 Å². The number of anilines is 1. The fourth-order valence-corrected chi connectivity index (χ4v) is 3.80. The summed E-state index contributed by atoms with van der Waals surface area (Å²) in [7, 11) is 2.06. The van der Waals surface area contributed by atoms with Crippen molar-refractivity contribution in [1.82, 2.24) is 25.5 Å². The van der Waals surface area contributed by atoms with E-state index in [2.05, 4.69) is 37.9 Å². The number of fused-ring (bicyclic) bond motifs is 1. The molecule has 9 nitrogen and oxygen atoms in total. The Bertz CT molecular complexity index is 886. The first-order chi connectivity index (χ1) is 13.4. The summed E-state index contributed by atoms with van der Waals surface area (Å²) in [6, 6.07) is 3.00. The number of amides is 3. The third kappa shape index (κ3) is 5.47. The number of likely N-dealkylation sites (N-methyl/N-ethyl adjacent to an activating group) is 1. The van der Waals surface area contributed by atoms with Gasteiger partial charge in [0.2, 0.25) is 5.91 Å². The van der Waals surface area contributed by atoms with Gasteiger partial charge in [0.25, 0.3) is 0 Å². The molecule has 148 valence electrons. The number of rotatable bonds is 5. The van der Waals surface area contributed by atoms with E-state index in [-0.39, 0.29) is 18.9 Å². The van der Waals surface area contributed by atoms with Gasteiger partial charge in [0.15, 0.2) is 0 Å². The van der Waals surface area contributed by atoms with Crippen molar-refractivity contribution in [3.63, 3.8) is 0 Å². The third-order valence-electron chi connectivity index (χ3n) is 3.99. The predicted octanol–water partition coefficient (Wildman–Crippen LogP) is 0.550. The van der Waals surface area contributed by atoms with Crippen molar-refractivity contribution in [2.75, 3.05) is 25.5 Å². The molecule has 2 aromatic rings. The summed E-state index contributed by atoms with van der Waals surface area (Å²) in [5, 5.41) is 8.51. The Morgan fingerprint density at radius 3 is 2.82 bits per heavy atom. The maximum absolute atomic E-state index is 11.9. The minimum Gasteiger partial charge on any atom is -0.348 e. The Balaban J connectivity index is 1.40. The summed E-state index contributed by atoms with van der Waals surface area (Å²) in [6.07, 6.45) is 2.25. The second-order valence-corrected chi connectivity index (χ2v) is 7.85. The lowest BCUT2D eigenvalue weighted by molar-refractivity contribution is -0.136. The quantitative estimate of drug-likeness (QED) is 0.606. The number of carbonyl (C=O) groups is 3. The topological polar surface area (TPSA) is 116 Å². The van der Waals surface area contributed by atoms with E-state index in [0.29, 0.717) is 5.02 Å². The van der Waals surface area contributed by atoms with E-state index in [1.807, 2.05) is 0 Å². The molecule has 1 aliphatic heterocycles. The number of nitrogens with one attached hydrogen (secondary N) is 3. The van der Waals surface area contributed by atoms with E-state index in [1.54, 1.807) is 11.3 Å². The van der Waals surface area contributed by atoms with Gasteiger partial charge in [-0.05, 0) is 19.2 Å². The SMILES string of the molecule is CN1CCc2nc(CNC(=O)CNC(=O)C(=O)Nc3ccc(Cl)cn3)sc2C1. The Hall–Kier alpha value is -2.56. The average Bonchev–Trinajstić information content (AvgIpc) is 3.08. The Morgan fingerprint density at radius 2 is 2.07 bits per heavy atom. The monoisotopic (exact) mass is 422 g/mol. The van der Waals surface area contributed by atoms with Crippen molar-refractivity contribution < 1.29 is 14.4 Å². The number of thiazole rings is 1. The van der Waals surface area contributed by atoms with Gasteiger partial charge >= 0.3 is 11.8 Å². The molecule has 0 atom stereocenters. The minimum atomic E-state index is -0.931. The van der Waals surface area contributed by atoms with Crippen LogP contribution >= 0.6 is 22.9 Å². The zero-order valence-electron chi connectivity index (χ0n) is 15.1. The summed E-state index contributed by atoms with van der Waals surface area (Å²) < 4.78 is 0. The van der Waals surface area contributed by atoms with Crippen LogP contribution in [-0.2, 0) is 33.9 Å². The van der Waals surface area contributed by atoms with Gasteiger partial charge in [-0.1, -0.05) is 11.6 Å². The van der Waals surface area contributed by atoms with Crippen LogP contribution in [0.4, 0.5) is 5.82 Å². The highest BCUT2D eigenvalue weighted by atomic mass is 35.5. The van der Waals surface area contributed by atoms with Crippen molar-refractivity contribution in [2.45, 2.75) is 19.5 Å². The molecule has 1 aliphatic rings. The van der Waals surface area contributed by atoms with Crippen molar-refractivity contribution in [3.05, 3.63) is 38.9 Å². The molecule has 0 bridgehead atoms. The normalized spacial score (nSPS) is 13.5. The second kappa shape index (κ2) is 9.09. The van der Waals surface area contributed by atoms with Gasteiger partial charge in [-0.25, -0.2) is 9.97 Å². The number of halogens is 1. The number of aromatic nitrogens is 2. The van der Waals surface area contributed by atoms with E-state index in [0.717, 1.165) is 30.2 Å². The lowest BCUT2D eigenvalue weighted by Gasteiger charge is -2.20. The first-order valence-corrected chi connectivity index (χ1v) is 9.73. The molecule has 0 fully saturated rings. The van der Waals surface area contributed by atoms with Gasteiger partial charge in [0, 0.05) is 30.6 Å². The van der Waals surface area contributed by atoms with Gasteiger partial charge in [-0.3, -0.25) is 14.4 Å². The lowest BCUT2D eigenvalue weighted by atomic mass is 10.2. The zero-order chi connectivity index (χ0) is 20.1. The molecule has 2 aromatic heterocycles. The lowest BCUT2D eigenvalue weighted by Crippen LogP contribution is -2.41. The van der Waals surface area contributed by atoms with Crippen LogP contribution in [-0.4, -0.2) is 52.7 Å². The molecule has 3 rings (SSSR count). The summed E-state index contributed by atoms with van der Waals surface area (Å²) in [4.78, 5) is 47.3. The van der Waals surface area contributed by atoms with E-state index in [1.165, 1.54) is 23.2 Å². The first-order valence-electron chi connectivity index (χ1n) is 8.54. The highest BCUT2D eigenvalue weighted by Gasteiger charge is 2.19. The van der Waals surface area contributed by atoms with E-state index in [4.69, 9.17) is 11.6 Å². The molecule has 3 heterocycles. The molecule has 0 spiro atoms. The predicted molar refractivity (Wildman–Crippen MR) is 105 cm³/mol. The minimum absolute atomic E-state index is 0.187. The number of carbonyl (C=O) groups excluding carboxylic acids is 3. The van der Waals surface area contributed by atoms with Crippen LogP contribution in [0.15, 0.2) is 18.3 Å². The van der Waals surface area contributed by atoms with Crippen LogP contribution < -0.4 is 16.0 Å². The maximum atomic E-state index is 11.9. The average molecular weight is 423 g/mol. The molecule has 3 N–H and O–H groups in total. The molecule has 0 aromatic carbocycles. The molecule has 0 saturated carbocycles. The fourth-order valence-electron chi connectivity index (χ4n) is 2.55. The molecule has 0 unspecified atom stereocenters. The Labute approximate surface area is 170 Å². The highest BCUT2D eigenvalue weighted by molar-refractivity contribution is 7.11. The van der Waals surface area contributed by atoms with E-state index >= 15 is 0 Å². The number of hydrogen-bond donors (Lipinski definition) is 3. The van der Waals surface area contributed by atoms with Crippen molar-refractivity contribution in [1.29, 1.82) is 0 Å². The summed E-state index contributed by atoms with van der Waals surface area (Å²) in [5.41, 5.74) is 1.09. The van der Waals surface area contributed by atoms with Crippen LogP contribution in [0.3, 0.4) is 0 Å². The molecule has 0 radical (unpaired) electrons. The highest BCUT2D eigenvalue weighted by Crippen LogP contribution is 2.24. The first kappa shape index (κ1) is 20.2. The number of nitrogens with zero attached hydrogens (tertiary/aromatic N) is 3. The van der Waals surface area contributed by atoms with Crippen LogP contribution in [0.1, 0.15) is 15.6 Å². The van der Waals surface area contributed by atoms with Crippen molar-refractivity contribution in [3.8, 4) is 0 Å². The molecular weight excluding hydrogens is 404 g/mol. The fraction of sp³-hybridized carbons (Fsp3) is 0.353. The van der Waals surface area contributed by atoms with Gasteiger partial charge < -0.3 is 20.9 Å².